The summed E-state index contributed by atoms with van der Waals surface area (Å²) >= 11 is 11.7. The van der Waals surface area contributed by atoms with E-state index in [0.29, 0.717) is 6.54 Å². The van der Waals surface area contributed by atoms with Crippen LogP contribution in [-0.4, -0.2) is 29.6 Å². The van der Waals surface area contributed by atoms with Crippen molar-refractivity contribution in [3.05, 3.63) is 27.7 Å². The number of benzene rings is 1. The Morgan fingerprint density at radius 2 is 1.95 bits per heavy atom. The first-order valence-electron chi connectivity index (χ1n) is 6.07. The normalized spacial score (nSPS) is 10.7. The average molecular weight is 319 g/mol. The van der Waals surface area contributed by atoms with Gasteiger partial charge in [0.2, 0.25) is 5.91 Å². The van der Waals surface area contributed by atoms with E-state index < -0.39 is 5.97 Å². The minimum absolute atomic E-state index is 0.0677. The second-order valence-corrected chi connectivity index (χ2v) is 5.37. The van der Waals surface area contributed by atoms with Crippen molar-refractivity contribution in [2.75, 3.05) is 11.9 Å². The van der Waals surface area contributed by atoms with Crippen molar-refractivity contribution in [1.29, 1.82) is 0 Å². The summed E-state index contributed by atoms with van der Waals surface area (Å²) in [6.45, 7) is 4.43. The first-order chi connectivity index (χ1) is 9.31. The standard InChI is InChI=1S/C13H16Cl2N2O3/c1-7(2)16-4-3-11(18)17-12-9(13(19)20)5-8(14)6-10(12)15/h5-7,16H,3-4H2,1-2H3,(H,17,18)(H,19,20). The highest BCUT2D eigenvalue weighted by atomic mass is 35.5. The zero-order valence-electron chi connectivity index (χ0n) is 11.2. The van der Waals surface area contributed by atoms with Gasteiger partial charge in [-0.05, 0) is 12.1 Å². The van der Waals surface area contributed by atoms with Crippen molar-refractivity contribution < 1.29 is 14.7 Å². The Hall–Kier alpha value is -1.30. The van der Waals surface area contributed by atoms with E-state index in [1.807, 2.05) is 13.8 Å². The van der Waals surface area contributed by atoms with Crippen LogP contribution in [0.5, 0.6) is 0 Å². The summed E-state index contributed by atoms with van der Waals surface area (Å²) in [5.74, 6) is -1.52. The van der Waals surface area contributed by atoms with Crippen LogP contribution < -0.4 is 10.6 Å². The number of anilines is 1. The van der Waals surface area contributed by atoms with Gasteiger partial charge >= 0.3 is 5.97 Å². The monoisotopic (exact) mass is 318 g/mol. The quantitative estimate of drug-likeness (QED) is 0.753. The number of aromatic carboxylic acids is 1. The highest BCUT2D eigenvalue weighted by Crippen LogP contribution is 2.30. The smallest absolute Gasteiger partial charge is 0.337 e. The van der Waals surface area contributed by atoms with E-state index in [2.05, 4.69) is 10.6 Å². The number of hydrogen-bond donors (Lipinski definition) is 3. The van der Waals surface area contributed by atoms with Gasteiger partial charge in [0.25, 0.3) is 0 Å². The Morgan fingerprint density at radius 1 is 1.30 bits per heavy atom. The minimum Gasteiger partial charge on any atom is -0.478 e. The van der Waals surface area contributed by atoms with Crippen molar-refractivity contribution in [3.8, 4) is 0 Å². The maximum atomic E-state index is 11.8. The number of rotatable bonds is 6. The number of halogens is 2. The molecule has 0 atom stereocenters. The largest absolute Gasteiger partial charge is 0.478 e. The summed E-state index contributed by atoms with van der Waals surface area (Å²) in [5.41, 5.74) is -0.0641. The molecule has 0 aliphatic heterocycles. The third kappa shape index (κ3) is 5.00. The van der Waals surface area contributed by atoms with Crippen LogP contribution in [0.3, 0.4) is 0 Å². The van der Waals surface area contributed by atoms with Crippen molar-refractivity contribution in [2.24, 2.45) is 0 Å². The fraction of sp³-hybridized carbons (Fsp3) is 0.385. The van der Waals surface area contributed by atoms with E-state index in [0.717, 1.165) is 0 Å². The summed E-state index contributed by atoms with van der Waals surface area (Å²) in [6, 6.07) is 2.91. The molecule has 0 heterocycles. The van der Waals surface area contributed by atoms with Gasteiger partial charge < -0.3 is 15.7 Å². The topological polar surface area (TPSA) is 78.4 Å². The molecule has 0 saturated heterocycles. The lowest BCUT2D eigenvalue weighted by atomic mass is 10.1. The number of amides is 1. The zero-order chi connectivity index (χ0) is 15.3. The molecule has 20 heavy (non-hydrogen) atoms. The van der Waals surface area contributed by atoms with Gasteiger partial charge in [-0.25, -0.2) is 4.79 Å². The SMILES string of the molecule is CC(C)NCCC(=O)Nc1c(Cl)cc(Cl)cc1C(=O)O. The number of carbonyl (C=O) groups is 2. The molecule has 0 unspecified atom stereocenters. The zero-order valence-corrected chi connectivity index (χ0v) is 12.7. The predicted octanol–water partition coefficient (Wildman–Crippen LogP) is 3.02. The van der Waals surface area contributed by atoms with Crippen molar-refractivity contribution in [3.63, 3.8) is 0 Å². The fourth-order valence-corrected chi connectivity index (χ4v) is 2.09. The molecule has 1 aromatic rings. The van der Waals surface area contributed by atoms with E-state index in [-0.39, 0.29) is 39.7 Å². The van der Waals surface area contributed by atoms with E-state index >= 15 is 0 Å². The van der Waals surface area contributed by atoms with Crippen LogP contribution in [0.2, 0.25) is 10.0 Å². The maximum absolute atomic E-state index is 11.8. The van der Waals surface area contributed by atoms with E-state index in [1.165, 1.54) is 12.1 Å². The first-order valence-corrected chi connectivity index (χ1v) is 6.82. The van der Waals surface area contributed by atoms with Crippen LogP contribution in [-0.2, 0) is 4.79 Å². The molecule has 1 amide bonds. The summed E-state index contributed by atoms with van der Waals surface area (Å²) in [5, 5.41) is 15.0. The summed E-state index contributed by atoms with van der Waals surface area (Å²) in [7, 11) is 0. The number of carboxylic acids is 1. The Kier molecular flexibility index (Phi) is 6.26. The molecule has 3 N–H and O–H groups in total. The van der Waals surface area contributed by atoms with Gasteiger partial charge in [-0.1, -0.05) is 37.0 Å². The molecule has 0 aliphatic carbocycles. The molecule has 1 rings (SSSR count). The molecule has 0 fully saturated rings. The second kappa shape index (κ2) is 7.47. The Morgan fingerprint density at radius 3 is 2.50 bits per heavy atom. The number of hydrogen-bond acceptors (Lipinski definition) is 3. The van der Waals surface area contributed by atoms with Gasteiger partial charge in [0.1, 0.15) is 0 Å². The molecule has 5 nitrogen and oxygen atoms in total. The number of carboxylic acid groups (broad SMARTS) is 1. The first kappa shape index (κ1) is 16.8. The summed E-state index contributed by atoms with van der Waals surface area (Å²) in [6.07, 6.45) is 0.218. The molecule has 0 saturated carbocycles. The molecule has 7 heteroatoms. The third-order valence-electron chi connectivity index (χ3n) is 2.45. The van der Waals surface area contributed by atoms with E-state index in [1.54, 1.807) is 0 Å². The van der Waals surface area contributed by atoms with Crippen LogP contribution in [0.4, 0.5) is 5.69 Å². The van der Waals surface area contributed by atoms with Gasteiger partial charge in [0.15, 0.2) is 0 Å². The van der Waals surface area contributed by atoms with Gasteiger partial charge in [-0.2, -0.15) is 0 Å². The molecule has 0 bridgehead atoms. The van der Waals surface area contributed by atoms with Crippen LogP contribution >= 0.6 is 23.2 Å². The Labute approximate surface area is 127 Å². The van der Waals surface area contributed by atoms with Gasteiger partial charge in [-0.3, -0.25) is 4.79 Å². The predicted molar refractivity (Wildman–Crippen MR) is 79.8 cm³/mol. The lowest BCUT2D eigenvalue weighted by Crippen LogP contribution is -2.27. The molecule has 0 aliphatic rings. The fourth-order valence-electron chi connectivity index (χ4n) is 1.55. The van der Waals surface area contributed by atoms with Crippen LogP contribution in [0.25, 0.3) is 0 Å². The average Bonchev–Trinajstić information content (AvgIpc) is 2.31. The molecule has 0 aromatic heterocycles. The highest BCUT2D eigenvalue weighted by Gasteiger charge is 2.17. The van der Waals surface area contributed by atoms with Crippen LogP contribution in [0.15, 0.2) is 12.1 Å². The third-order valence-corrected chi connectivity index (χ3v) is 2.97. The van der Waals surface area contributed by atoms with Crippen molar-refractivity contribution in [2.45, 2.75) is 26.3 Å². The number of carbonyl (C=O) groups excluding carboxylic acids is 1. The lowest BCUT2D eigenvalue weighted by Gasteiger charge is -2.12. The summed E-state index contributed by atoms with van der Waals surface area (Å²) in [4.78, 5) is 22.9. The minimum atomic E-state index is -1.20. The van der Waals surface area contributed by atoms with E-state index in [9.17, 15) is 9.59 Å². The molecule has 1 aromatic carbocycles. The van der Waals surface area contributed by atoms with Gasteiger partial charge in [0, 0.05) is 24.0 Å². The summed E-state index contributed by atoms with van der Waals surface area (Å²) < 4.78 is 0. The maximum Gasteiger partial charge on any atom is 0.337 e. The Balaban J connectivity index is 2.81. The molecular weight excluding hydrogens is 303 g/mol. The molecular formula is C13H16Cl2N2O3. The van der Waals surface area contributed by atoms with Crippen LogP contribution in [0.1, 0.15) is 30.6 Å². The van der Waals surface area contributed by atoms with Gasteiger partial charge in [-0.15, -0.1) is 0 Å². The van der Waals surface area contributed by atoms with Crippen LogP contribution in [0, 0.1) is 0 Å². The lowest BCUT2D eigenvalue weighted by molar-refractivity contribution is -0.116. The molecule has 0 spiro atoms. The van der Waals surface area contributed by atoms with Crippen molar-refractivity contribution in [1.82, 2.24) is 5.32 Å². The second-order valence-electron chi connectivity index (χ2n) is 4.52. The molecule has 0 radical (unpaired) electrons. The Bertz CT molecular complexity index is 519. The van der Waals surface area contributed by atoms with Gasteiger partial charge in [0.05, 0.1) is 16.3 Å². The van der Waals surface area contributed by atoms with Crippen molar-refractivity contribution >= 4 is 40.8 Å². The van der Waals surface area contributed by atoms with E-state index in [4.69, 9.17) is 28.3 Å². The number of nitrogens with one attached hydrogen (secondary N) is 2. The molecule has 110 valence electrons. The highest BCUT2D eigenvalue weighted by molar-refractivity contribution is 6.37.